The number of carboxylic acids is 1. The van der Waals surface area contributed by atoms with Crippen molar-refractivity contribution in [2.75, 3.05) is 13.7 Å². The van der Waals surface area contributed by atoms with Crippen molar-refractivity contribution in [3.05, 3.63) is 35.9 Å². The largest absolute Gasteiger partial charge is 0.481 e. The molecular weight excluding hydrogens is 272 g/mol. The average Bonchev–Trinajstić information content (AvgIpc) is 2.45. The van der Waals surface area contributed by atoms with Gasteiger partial charge in [0.1, 0.15) is 0 Å². The molecule has 2 amide bonds. The first kappa shape index (κ1) is 17.0. The second-order valence-corrected chi connectivity index (χ2v) is 5.35. The number of nitrogens with one attached hydrogen (secondary N) is 2. The fourth-order valence-corrected chi connectivity index (χ4v) is 1.69. The van der Waals surface area contributed by atoms with Gasteiger partial charge in [-0.25, -0.2) is 4.79 Å². The summed E-state index contributed by atoms with van der Waals surface area (Å²) in [7, 11) is 1.57. The fourth-order valence-electron chi connectivity index (χ4n) is 1.69. The van der Waals surface area contributed by atoms with E-state index in [4.69, 9.17) is 9.84 Å². The molecule has 1 rings (SSSR count). The summed E-state index contributed by atoms with van der Waals surface area (Å²) in [6, 6.07) is 8.02. The van der Waals surface area contributed by atoms with E-state index in [2.05, 4.69) is 10.6 Å². The smallest absolute Gasteiger partial charge is 0.315 e. The fraction of sp³-hybridized carbons (Fsp3) is 0.467. The number of rotatable bonds is 7. The molecule has 21 heavy (non-hydrogen) atoms. The molecular formula is C15H22N2O4. The highest BCUT2D eigenvalue weighted by atomic mass is 16.5. The quantitative estimate of drug-likeness (QED) is 0.717. The monoisotopic (exact) mass is 294 g/mol. The van der Waals surface area contributed by atoms with E-state index in [9.17, 15) is 9.59 Å². The number of benzene rings is 1. The molecule has 0 bridgehead atoms. The molecule has 0 aliphatic rings. The molecule has 3 N–H and O–H groups in total. The van der Waals surface area contributed by atoms with E-state index in [1.807, 2.05) is 19.9 Å². The summed E-state index contributed by atoms with van der Waals surface area (Å²) < 4.78 is 5.21. The van der Waals surface area contributed by atoms with Gasteiger partial charge in [0.05, 0.1) is 18.1 Å². The van der Waals surface area contributed by atoms with Crippen LogP contribution in [-0.4, -0.2) is 36.4 Å². The Morgan fingerprint density at radius 1 is 1.29 bits per heavy atom. The maximum atomic E-state index is 11.9. The Bertz CT molecular complexity index is 474. The first-order chi connectivity index (χ1) is 9.84. The van der Waals surface area contributed by atoms with Crippen molar-refractivity contribution in [1.29, 1.82) is 0 Å². The zero-order valence-electron chi connectivity index (χ0n) is 12.6. The lowest BCUT2D eigenvalue weighted by Gasteiger charge is -2.24. The Morgan fingerprint density at radius 3 is 2.43 bits per heavy atom. The van der Waals surface area contributed by atoms with E-state index in [0.717, 1.165) is 5.56 Å². The Labute approximate surface area is 124 Å². The molecule has 1 atom stereocenters. The first-order valence-electron chi connectivity index (χ1n) is 6.70. The van der Waals surface area contributed by atoms with Crippen LogP contribution >= 0.6 is 0 Å². The van der Waals surface area contributed by atoms with E-state index in [1.165, 1.54) is 0 Å². The molecule has 0 spiro atoms. The van der Waals surface area contributed by atoms with Crippen LogP contribution in [0.5, 0.6) is 0 Å². The number of carboxylic acid groups (broad SMARTS) is 1. The van der Waals surface area contributed by atoms with Gasteiger partial charge in [-0.05, 0) is 19.4 Å². The maximum absolute atomic E-state index is 11.9. The van der Waals surface area contributed by atoms with Crippen LogP contribution in [0.15, 0.2) is 30.3 Å². The van der Waals surface area contributed by atoms with Gasteiger partial charge in [-0.2, -0.15) is 0 Å². The van der Waals surface area contributed by atoms with Gasteiger partial charge >= 0.3 is 12.0 Å². The Kier molecular flexibility index (Phi) is 6.17. The molecule has 1 aromatic rings. The van der Waals surface area contributed by atoms with E-state index < -0.39 is 23.6 Å². The predicted octanol–water partition coefficient (Wildman–Crippen LogP) is 1.93. The molecule has 0 aromatic heterocycles. The van der Waals surface area contributed by atoms with E-state index >= 15 is 0 Å². The van der Waals surface area contributed by atoms with Crippen molar-refractivity contribution in [3.63, 3.8) is 0 Å². The first-order valence-corrected chi connectivity index (χ1v) is 6.70. The van der Waals surface area contributed by atoms with Crippen LogP contribution in [0.2, 0.25) is 0 Å². The highest BCUT2D eigenvalue weighted by molar-refractivity contribution is 5.76. The molecule has 0 radical (unpaired) electrons. The highest BCUT2D eigenvalue weighted by Gasteiger charge is 2.20. The second kappa shape index (κ2) is 7.64. The van der Waals surface area contributed by atoms with Gasteiger partial charge in [0.15, 0.2) is 0 Å². The van der Waals surface area contributed by atoms with Crippen molar-refractivity contribution in [3.8, 4) is 0 Å². The SMILES string of the molecule is COC(C)(C)CNC(=O)NC(CC(=O)O)c1ccccc1. The lowest BCUT2D eigenvalue weighted by molar-refractivity contribution is -0.137. The van der Waals surface area contributed by atoms with Gasteiger partial charge in [0, 0.05) is 13.7 Å². The number of carbonyl (C=O) groups excluding carboxylic acids is 1. The van der Waals surface area contributed by atoms with E-state index in [1.54, 1.807) is 31.4 Å². The van der Waals surface area contributed by atoms with Gasteiger partial charge in [-0.3, -0.25) is 4.79 Å². The van der Waals surface area contributed by atoms with Gasteiger partial charge in [-0.15, -0.1) is 0 Å². The van der Waals surface area contributed by atoms with Crippen LogP contribution in [0.3, 0.4) is 0 Å². The van der Waals surface area contributed by atoms with Crippen LogP contribution in [-0.2, 0) is 9.53 Å². The zero-order chi connectivity index (χ0) is 15.9. The minimum atomic E-state index is -0.971. The number of hydrogen-bond donors (Lipinski definition) is 3. The molecule has 0 fully saturated rings. The summed E-state index contributed by atoms with van der Waals surface area (Å²) in [6.07, 6.45) is -0.175. The average molecular weight is 294 g/mol. The molecule has 6 heteroatoms. The number of carbonyl (C=O) groups is 2. The standard InChI is InChI=1S/C15H22N2O4/c1-15(2,21-3)10-16-14(20)17-12(9-13(18)19)11-7-5-4-6-8-11/h4-8,12H,9-10H2,1-3H3,(H,18,19)(H2,16,17,20). The molecule has 0 aliphatic carbocycles. The molecule has 0 heterocycles. The predicted molar refractivity (Wildman–Crippen MR) is 79.1 cm³/mol. The van der Waals surface area contributed by atoms with E-state index in [-0.39, 0.29) is 6.42 Å². The Hall–Kier alpha value is -2.08. The minimum absolute atomic E-state index is 0.175. The number of ether oxygens (including phenoxy) is 1. The summed E-state index contributed by atoms with van der Waals surface area (Å²) in [5, 5.41) is 14.3. The number of aliphatic carboxylic acids is 1. The number of methoxy groups -OCH3 is 1. The topological polar surface area (TPSA) is 87.7 Å². The number of amides is 2. The summed E-state index contributed by atoms with van der Waals surface area (Å²) in [6.45, 7) is 4.02. The van der Waals surface area contributed by atoms with Crippen LogP contribution in [0.1, 0.15) is 31.9 Å². The third kappa shape index (κ3) is 6.27. The Morgan fingerprint density at radius 2 is 1.90 bits per heavy atom. The van der Waals surface area contributed by atoms with Gasteiger partial charge < -0.3 is 20.5 Å². The Balaban J connectivity index is 2.65. The van der Waals surface area contributed by atoms with Gasteiger partial charge in [-0.1, -0.05) is 30.3 Å². The number of hydrogen-bond acceptors (Lipinski definition) is 3. The normalized spacial score (nSPS) is 12.5. The van der Waals surface area contributed by atoms with E-state index in [0.29, 0.717) is 6.54 Å². The third-order valence-electron chi connectivity index (χ3n) is 3.11. The summed E-state index contributed by atoms with van der Waals surface area (Å²) >= 11 is 0. The zero-order valence-corrected chi connectivity index (χ0v) is 12.6. The lowest BCUT2D eigenvalue weighted by Crippen LogP contribution is -2.45. The van der Waals surface area contributed by atoms with Gasteiger partial charge in [0.2, 0.25) is 0 Å². The van der Waals surface area contributed by atoms with Gasteiger partial charge in [0.25, 0.3) is 0 Å². The molecule has 0 saturated carbocycles. The second-order valence-electron chi connectivity index (χ2n) is 5.35. The van der Waals surface area contributed by atoms with Crippen LogP contribution in [0, 0.1) is 0 Å². The summed E-state index contributed by atoms with van der Waals surface area (Å²) in [5.74, 6) is -0.971. The number of urea groups is 1. The van der Waals surface area contributed by atoms with Crippen molar-refractivity contribution in [1.82, 2.24) is 10.6 Å². The minimum Gasteiger partial charge on any atom is -0.481 e. The van der Waals surface area contributed by atoms with Crippen molar-refractivity contribution >= 4 is 12.0 Å². The molecule has 1 aromatic carbocycles. The molecule has 0 aliphatic heterocycles. The van der Waals surface area contributed by atoms with Crippen LogP contribution in [0.25, 0.3) is 0 Å². The van der Waals surface area contributed by atoms with Crippen LogP contribution < -0.4 is 10.6 Å². The molecule has 116 valence electrons. The van der Waals surface area contributed by atoms with Crippen molar-refractivity contribution < 1.29 is 19.4 Å². The van der Waals surface area contributed by atoms with Crippen molar-refractivity contribution in [2.24, 2.45) is 0 Å². The van der Waals surface area contributed by atoms with Crippen LogP contribution in [0.4, 0.5) is 4.79 Å². The molecule has 6 nitrogen and oxygen atoms in total. The molecule has 0 saturated heterocycles. The molecule has 1 unspecified atom stereocenters. The van der Waals surface area contributed by atoms with Crippen molar-refractivity contribution in [2.45, 2.75) is 31.9 Å². The maximum Gasteiger partial charge on any atom is 0.315 e. The third-order valence-corrected chi connectivity index (χ3v) is 3.11. The summed E-state index contributed by atoms with van der Waals surface area (Å²) in [4.78, 5) is 22.8. The lowest BCUT2D eigenvalue weighted by atomic mass is 10.0. The summed E-state index contributed by atoms with van der Waals surface area (Å²) in [5.41, 5.74) is 0.271. The highest BCUT2D eigenvalue weighted by Crippen LogP contribution is 2.16.